The average molecular weight is 500 g/mol. The molecule has 2 aromatic rings. The summed E-state index contributed by atoms with van der Waals surface area (Å²) in [5, 5.41) is 13.5. The number of carbonyl (C=O) groups excluding carboxylic acids is 4. The molecule has 0 spiro atoms. The number of amides is 4. The van der Waals surface area contributed by atoms with Crippen molar-refractivity contribution in [3.05, 3.63) is 41.2 Å². The van der Waals surface area contributed by atoms with Crippen molar-refractivity contribution in [2.24, 2.45) is 5.73 Å². The topological polar surface area (TPSA) is 171 Å². The maximum atomic E-state index is 13.0. The summed E-state index contributed by atoms with van der Waals surface area (Å²) in [4.78, 5) is 50.3. The van der Waals surface area contributed by atoms with Gasteiger partial charge in [0.2, 0.25) is 11.8 Å². The summed E-state index contributed by atoms with van der Waals surface area (Å²) in [7, 11) is 0. The van der Waals surface area contributed by atoms with Gasteiger partial charge in [-0.3, -0.25) is 29.4 Å². The highest BCUT2D eigenvalue weighted by Gasteiger charge is 2.44. The van der Waals surface area contributed by atoms with Gasteiger partial charge in [-0.1, -0.05) is 5.21 Å². The number of nitrogens with one attached hydrogen (secondary N) is 2. The van der Waals surface area contributed by atoms with E-state index in [-0.39, 0.29) is 24.0 Å². The van der Waals surface area contributed by atoms with Gasteiger partial charge in [-0.05, 0) is 24.6 Å². The molecule has 36 heavy (non-hydrogen) atoms. The number of fused-ring (bicyclic) bond motifs is 1. The number of nitrogens with zero attached hydrogens (tertiary/aromatic N) is 4. The second kappa shape index (κ2) is 11.8. The lowest BCUT2D eigenvalue weighted by Gasteiger charge is -2.27. The Morgan fingerprint density at radius 2 is 1.83 bits per heavy atom. The molecule has 0 radical (unpaired) electrons. The van der Waals surface area contributed by atoms with Crippen LogP contribution in [0.15, 0.2) is 24.4 Å². The van der Waals surface area contributed by atoms with Crippen molar-refractivity contribution in [1.82, 2.24) is 25.2 Å². The molecular weight excluding hydrogens is 470 g/mol. The molecule has 0 saturated carbocycles. The second-order valence-electron chi connectivity index (χ2n) is 8.35. The Morgan fingerprint density at radius 1 is 1.06 bits per heavy atom. The Hall–Kier alpha value is -3.68. The summed E-state index contributed by atoms with van der Waals surface area (Å²) < 4.78 is 12.6. The van der Waals surface area contributed by atoms with Gasteiger partial charge in [-0.2, -0.15) is 0 Å². The van der Waals surface area contributed by atoms with E-state index in [1.807, 2.05) is 0 Å². The van der Waals surface area contributed by atoms with Gasteiger partial charge in [0.25, 0.3) is 11.8 Å². The van der Waals surface area contributed by atoms with Gasteiger partial charge < -0.3 is 20.5 Å². The van der Waals surface area contributed by atoms with Crippen LogP contribution in [0.1, 0.15) is 39.3 Å². The first-order chi connectivity index (χ1) is 17.5. The molecule has 1 saturated heterocycles. The Bertz CT molecular complexity index is 1130. The van der Waals surface area contributed by atoms with Crippen LogP contribution in [0.3, 0.4) is 0 Å². The molecule has 4 N–H and O–H groups in total. The second-order valence-corrected chi connectivity index (χ2v) is 8.35. The van der Waals surface area contributed by atoms with Crippen molar-refractivity contribution in [3.63, 3.8) is 0 Å². The smallest absolute Gasteiger partial charge is 0.262 e. The number of hydrogen-bond acceptors (Lipinski definition) is 10. The highest BCUT2D eigenvalue weighted by Crippen LogP contribution is 2.29. The number of aromatic nitrogens is 3. The van der Waals surface area contributed by atoms with Gasteiger partial charge in [-0.15, -0.1) is 5.10 Å². The Kier molecular flexibility index (Phi) is 8.36. The quantitative estimate of drug-likeness (QED) is 0.237. The molecule has 1 unspecified atom stereocenters. The Morgan fingerprint density at radius 3 is 2.61 bits per heavy atom. The minimum absolute atomic E-state index is 0.0807. The fourth-order valence-corrected chi connectivity index (χ4v) is 4.13. The van der Waals surface area contributed by atoms with Crippen molar-refractivity contribution in [2.75, 3.05) is 44.8 Å². The normalized spacial score (nSPS) is 17.5. The zero-order valence-electron chi connectivity index (χ0n) is 19.8. The molecule has 13 nitrogen and oxygen atoms in total. The standard InChI is InChI=1S/C23H29N7O6/c24-6-9-35-11-12-36-10-8-29-16(14-26-28-29)5-7-25-15-1-2-17-18(13-15)23(34)30(22(17)33)19-3-4-20(31)27-21(19)32/h1-2,13-14,19,25H,3-12,24H2,(H,27,31,32). The van der Waals surface area contributed by atoms with Crippen molar-refractivity contribution in [3.8, 4) is 0 Å². The summed E-state index contributed by atoms with van der Waals surface area (Å²) >= 11 is 0. The molecule has 1 aromatic heterocycles. The van der Waals surface area contributed by atoms with Crippen LogP contribution in [0.25, 0.3) is 0 Å². The van der Waals surface area contributed by atoms with E-state index in [0.29, 0.717) is 58.2 Å². The first-order valence-corrected chi connectivity index (χ1v) is 11.8. The first kappa shape index (κ1) is 25.4. The average Bonchev–Trinajstić information content (AvgIpc) is 3.41. The summed E-state index contributed by atoms with van der Waals surface area (Å²) in [5.41, 5.74) is 7.42. The van der Waals surface area contributed by atoms with Crippen LogP contribution in [-0.2, 0) is 32.0 Å². The fourth-order valence-electron chi connectivity index (χ4n) is 4.13. The Balaban J connectivity index is 1.28. The van der Waals surface area contributed by atoms with E-state index in [1.165, 1.54) is 0 Å². The van der Waals surface area contributed by atoms with Gasteiger partial charge >= 0.3 is 0 Å². The number of nitrogens with two attached hydrogens (primary N) is 1. The third kappa shape index (κ3) is 5.75. The van der Waals surface area contributed by atoms with Crippen LogP contribution >= 0.6 is 0 Å². The van der Waals surface area contributed by atoms with E-state index in [9.17, 15) is 19.2 Å². The largest absolute Gasteiger partial charge is 0.385 e. The molecule has 2 aliphatic heterocycles. The minimum atomic E-state index is -0.984. The Labute approximate surface area is 207 Å². The number of hydrogen-bond donors (Lipinski definition) is 3. The van der Waals surface area contributed by atoms with Crippen LogP contribution in [0.4, 0.5) is 5.69 Å². The lowest BCUT2D eigenvalue weighted by atomic mass is 10.0. The van der Waals surface area contributed by atoms with Crippen LogP contribution in [0.2, 0.25) is 0 Å². The highest BCUT2D eigenvalue weighted by molar-refractivity contribution is 6.23. The summed E-state index contributed by atoms with van der Waals surface area (Å²) in [5.74, 6) is -2.10. The van der Waals surface area contributed by atoms with Crippen LogP contribution < -0.4 is 16.4 Å². The number of rotatable bonds is 13. The maximum Gasteiger partial charge on any atom is 0.262 e. The number of imide groups is 2. The molecular formula is C23H29N7O6. The van der Waals surface area contributed by atoms with Crippen molar-refractivity contribution in [1.29, 1.82) is 0 Å². The number of piperidine rings is 1. The van der Waals surface area contributed by atoms with Crippen LogP contribution in [-0.4, -0.2) is 89.1 Å². The number of carbonyl (C=O) groups is 4. The third-order valence-corrected chi connectivity index (χ3v) is 5.93. The van der Waals surface area contributed by atoms with Gasteiger partial charge in [0.15, 0.2) is 0 Å². The molecule has 4 rings (SSSR count). The van der Waals surface area contributed by atoms with E-state index >= 15 is 0 Å². The summed E-state index contributed by atoms with van der Waals surface area (Å²) in [6.07, 6.45) is 2.52. The van der Waals surface area contributed by atoms with E-state index < -0.39 is 29.7 Å². The van der Waals surface area contributed by atoms with E-state index in [1.54, 1.807) is 29.1 Å². The maximum absolute atomic E-state index is 13.0. The molecule has 0 bridgehead atoms. The van der Waals surface area contributed by atoms with Crippen molar-refractivity contribution >= 4 is 29.3 Å². The monoisotopic (exact) mass is 499 g/mol. The molecule has 192 valence electrons. The first-order valence-electron chi connectivity index (χ1n) is 11.8. The molecule has 4 amide bonds. The lowest BCUT2D eigenvalue weighted by Crippen LogP contribution is -2.54. The zero-order chi connectivity index (χ0) is 25.5. The molecule has 2 aliphatic rings. The molecule has 1 aromatic carbocycles. The minimum Gasteiger partial charge on any atom is -0.385 e. The van der Waals surface area contributed by atoms with Crippen LogP contribution in [0.5, 0.6) is 0 Å². The zero-order valence-corrected chi connectivity index (χ0v) is 19.8. The van der Waals surface area contributed by atoms with E-state index in [2.05, 4.69) is 20.9 Å². The van der Waals surface area contributed by atoms with E-state index in [0.717, 1.165) is 10.6 Å². The summed E-state index contributed by atoms with van der Waals surface area (Å²) in [6.45, 7) is 3.53. The van der Waals surface area contributed by atoms with Gasteiger partial charge in [-0.25, -0.2) is 4.68 Å². The van der Waals surface area contributed by atoms with Gasteiger partial charge in [0.1, 0.15) is 6.04 Å². The highest BCUT2D eigenvalue weighted by atomic mass is 16.5. The molecule has 1 fully saturated rings. The van der Waals surface area contributed by atoms with E-state index in [4.69, 9.17) is 15.2 Å². The SMILES string of the molecule is NCCOCCOCCn1nncc1CCNc1ccc2c(c1)C(=O)N(C1CCC(=O)NC1=O)C2=O. The van der Waals surface area contributed by atoms with Crippen molar-refractivity contribution < 1.29 is 28.7 Å². The molecule has 13 heteroatoms. The lowest BCUT2D eigenvalue weighted by molar-refractivity contribution is -0.136. The molecule has 1 atom stereocenters. The fraction of sp³-hybridized carbons (Fsp3) is 0.478. The predicted molar refractivity (Wildman–Crippen MR) is 126 cm³/mol. The van der Waals surface area contributed by atoms with Gasteiger partial charge in [0.05, 0.1) is 56.0 Å². The third-order valence-electron chi connectivity index (χ3n) is 5.93. The van der Waals surface area contributed by atoms with Crippen LogP contribution in [0, 0.1) is 0 Å². The molecule has 0 aliphatic carbocycles. The number of benzene rings is 1. The number of anilines is 1. The van der Waals surface area contributed by atoms with Gasteiger partial charge in [0, 0.05) is 31.6 Å². The predicted octanol–water partition coefficient (Wildman–Crippen LogP) is -0.674. The number of ether oxygens (including phenoxy) is 2. The summed E-state index contributed by atoms with van der Waals surface area (Å²) in [6, 6.07) is 3.91. The van der Waals surface area contributed by atoms with Crippen molar-refractivity contribution in [2.45, 2.75) is 31.8 Å². The molecule has 3 heterocycles.